The van der Waals surface area contributed by atoms with Gasteiger partial charge in [0.25, 0.3) is 0 Å². The highest BCUT2D eigenvalue weighted by Crippen LogP contribution is 2.58. The largest absolute Gasteiger partial charge is 0.0654 e. The molecule has 5 unspecified atom stereocenters. The number of rotatable bonds is 2. The molecule has 0 saturated heterocycles. The Hall–Kier alpha value is 0. The molecule has 0 bridgehead atoms. The monoisotopic (exact) mass is 222 g/mol. The van der Waals surface area contributed by atoms with Crippen molar-refractivity contribution in [2.75, 3.05) is 0 Å². The van der Waals surface area contributed by atoms with Crippen molar-refractivity contribution in [3.63, 3.8) is 0 Å². The van der Waals surface area contributed by atoms with Gasteiger partial charge in [0.05, 0.1) is 0 Å². The third kappa shape index (κ3) is 1.93. The summed E-state index contributed by atoms with van der Waals surface area (Å²) in [4.78, 5) is 0. The summed E-state index contributed by atoms with van der Waals surface area (Å²) in [7, 11) is 0. The van der Waals surface area contributed by atoms with Crippen molar-refractivity contribution in [1.82, 2.24) is 0 Å². The third-order valence-electron chi connectivity index (χ3n) is 5.98. The molecule has 2 fully saturated rings. The van der Waals surface area contributed by atoms with Crippen molar-refractivity contribution in [2.45, 2.75) is 72.6 Å². The van der Waals surface area contributed by atoms with E-state index in [9.17, 15) is 0 Å². The van der Waals surface area contributed by atoms with Crippen LogP contribution >= 0.6 is 0 Å². The Balaban J connectivity index is 2.21. The molecule has 2 aliphatic rings. The molecular weight excluding hydrogens is 192 g/mol. The van der Waals surface area contributed by atoms with Crippen LogP contribution in [0.25, 0.3) is 0 Å². The summed E-state index contributed by atoms with van der Waals surface area (Å²) in [6, 6.07) is 0. The van der Waals surface area contributed by atoms with Gasteiger partial charge in [-0.05, 0) is 48.3 Å². The molecule has 0 aromatic rings. The fourth-order valence-electron chi connectivity index (χ4n) is 5.13. The lowest BCUT2D eigenvalue weighted by Crippen LogP contribution is -2.47. The van der Waals surface area contributed by atoms with Crippen molar-refractivity contribution in [3.8, 4) is 0 Å². The van der Waals surface area contributed by atoms with Gasteiger partial charge in [-0.25, -0.2) is 0 Å². The Morgan fingerprint density at radius 2 is 1.81 bits per heavy atom. The van der Waals surface area contributed by atoms with Gasteiger partial charge in [-0.3, -0.25) is 0 Å². The van der Waals surface area contributed by atoms with Crippen LogP contribution in [0.15, 0.2) is 0 Å². The molecule has 5 atom stereocenters. The first kappa shape index (κ1) is 12.5. The van der Waals surface area contributed by atoms with Crippen LogP contribution in [-0.2, 0) is 0 Å². The average Bonchev–Trinajstić information content (AvgIpc) is 2.23. The van der Waals surface area contributed by atoms with Crippen LogP contribution in [0.5, 0.6) is 0 Å². The molecule has 94 valence electrons. The van der Waals surface area contributed by atoms with E-state index in [1.165, 1.54) is 44.9 Å². The van der Waals surface area contributed by atoms with Crippen molar-refractivity contribution in [3.05, 3.63) is 0 Å². The summed E-state index contributed by atoms with van der Waals surface area (Å²) < 4.78 is 0. The van der Waals surface area contributed by atoms with Gasteiger partial charge in [0, 0.05) is 0 Å². The molecule has 0 N–H and O–H groups in total. The summed E-state index contributed by atoms with van der Waals surface area (Å²) in [5.74, 6) is 4.02. The standard InChI is InChI=1S/C16H30/c1-5-7-14-13(3)9-10-15-12(2)8-6-11-16(14,15)4/h12-15H,5-11H2,1-4H3. The molecule has 0 heterocycles. The van der Waals surface area contributed by atoms with E-state index in [0.29, 0.717) is 5.41 Å². The van der Waals surface area contributed by atoms with Crippen molar-refractivity contribution in [2.24, 2.45) is 29.1 Å². The van der Waals surface area contributed by atoms with Crippen LogP contribution in [0.2, 0.25) is 0 Å². The Labute approximate surface area is 102 Å². The van der Waals surface area contributed by atoms with Crippen LogP contribution in [0.3, 0.4) is 0 Å². The van der Waals surface area contributed by atoms with E-state index in [4.69, 9.17) is 0 Å². The first-order valence-electron chi connectivity index (χ1n) is 7.59. The van der Waals surface area contributed by atoms with E-state index in [1.54, 1.807) is 0 Å². The van der Waals surface area contributed by atoms with E-state index in [-0.39, 0.29) is 0 Å². The van der Waals surface area contributed by atoms with Crippen molar-refractivity contribution >= 4 is 0 Å². The molecule has 16 heavy (non-hydrogen) atoms. The lowest BCUT2D eigenvalue weighted by molar-refractivity contribution is -0.0598. The van der Waals surface area contributed by atoms with E-state index >= 15 is 0 Å². The minimum Gasteiger partial charge on any atom is -0.0654 e. The summed E-state index contributed by atoms with van der Waals surface area (Å²) in [5, 5.41) is 0. The smallest absolute Gasteiger partial charge is 0.0264 e. The molecule has 0 aliphatic heterocycles. The normalized spacial score (nSPS) is 48.8. The zero-order valence-electron chi connectivity index (χ0n) is 11.8. The quantitative estimate of drug-likeness (QED) is 0.596. The molecule has 0 spiro atoms. The Morgan fingerprint density at radius 3 is 2.50 bits per heavy atom. The maximum Gasteiger partial charge on any atom is -0.0264 e. The number of hydrogen-bond donors (Lipinski definition) is 0. The minimum atomic E-state index is 0.686. The molecule has 2 aliphatic carbocycles. The van der Waals surface area contributed by atoms with Crippen LogP contribution in [0.4, 0.5) is 0 Å². The zero-order chi connectivity index (χ0) is 11.8. The lowest BCUT2D eigenvalue weighted by Gasteiger charge is -2.55. The highest BCUT2D eigenvalue weighted by molar-refractivity contribution is 4.98. The average molecular weight is 222 g/mol. The number of fused-ring (bicyclic) bond motifs is 1. The fourth-order valence-corrected chi connectivity index (χ4v) is 5.13. The highest BCUT2D eigenvalue weighted by atomic mass is 14.5. The SMILES string of the molecule is CCCC1C(C)CCC2C(C)CCCC12C. The molecule has 0 nitrogen and oxygen atoms in total. The zero-order valence-corrected chi connectivity index (χ0v) is 11.8. The Bertz CT molecular complexity index is 232. The van der Waals surface area contributed by atoms with E-state index in [0.717, 1.165) is 23.7 Å². The van der Waals surface area contributed by atoms with Gasteiger partial charge in [-0.2, -0.15) is 0 Å². The highest BCUT2D eigenvalue weighted by Gasteiger charge is 2.49. The van der Waals surface area contributed by atoms with Crippen molar-refractivity contribution < 1.29 is 0 Å². The maximum absolute atomic E-state index is 2.63. The molecule has 2 saturated carbocycles. The summed E-state index contributed by atoms with van der Waals surface area (Å²) in [6.45, 7) is 10.0. The second kappa shape index (κ2) is 4.70. The molecule has 0 aromatic heterocycles. The van der Waals surface area contributed by atoms with Gasteiger partial charge in [-0.1, -0.05) is 53.4 Å². The van der Waals surface area contributed by atoms with Gasteiger partial charge in [0.1, 0.15) is 0 Å². The van der Waals surface area contributed by atoms with Gasteiger partial charge >= 0.3 is 0 Å². The molecular formula is C16H30. The molecule has 0 amide bonds. The van der Waals surface area contributed by atoms with Crippen LogP contribution in [0.1, 0.15) is 72.6 Å². The summed E-state index contributed by atoms with van der Waals surface area (Å²) >= 11 is 0. The number of hydrogen-bond acceptors (Lipinski definition) is 0. The first-order valence-corrected chi connectivity index (χ1v) is 7.59. The molecule has 0 radical (unpaired) electrons. The van der Waals surface area contributed by atoms with E-state index < -0.39 is 0 Å². The second-order valence-electron chi connectivity index (χ2n) is 6.93. The fraction of sp³-hybridized carbons (Fsp3) is 1.00. The topological polar surface area (TPSA) is 0 Å². The van der Waals surface area contributed by atoms with E-state index in [2.05, 4.69) is 27.7 Å². The molecule has 0 heteroatoms. The first-order chi connectivity index (χ1) is 7.59. The Morgan fingerprint density at radius 1 is 1.06 bits per heavy atom. The predicted molar refractivity (Wildman–Crippen MR) is 71.4 cm³/mol. The third-order valence-corrected chi connectivity index (χ3v) is 5.98. The van der Waals surface area contributed by atoms with Gasteiger partial charge in [0.15, 0.2) is 0 Å². The summed E-state index contributed by atoms with van der Waals surface area (Å²) in [5.41, 5.74) is 0.686. The predicted octanol–water partition coefficient (Wildman–Crippen LogP) is 5.28. The minimum absolute atomic E-state index is 0.686. The van der Waals surface area contributed by atoms with Crippen molar-refractivity contribution in [1.29, 1.82) is 0 Å². The summed E-state index contributed by atoms with van der Waals surface area (Å²) in [6.07, 6.45) is 10.4. The van der Waals surface area contributed by atoms with Gasteiger partial charge in [0.2, 0.25) is 0 Å². The van der Waals surface area contributed by atoms with Gasteiger partial charge < -0.3 is 0 Å². The van der Waals surface area contributed by atoms with Crippen LogP contribution in [-0.4, -0.2) is 0 Å². The van der Waals surface area contributed by atoms with Crippen LogP contribution in [0, 0.1) is 29.1 Å². The molecule has 0 aromatic carbocycles. The maximum atomic E-state index is 2.63. The van der Waals surface area contributed by atoms with E-state index in [1.807, 2.05) is 0 Å². The Kier molecular flexibility index (Phi) is 3.66. The second-order valence-corrected chi connectivity index (χ2v) is 6.93. The lowest BCUT2D eigenvalue weighted by atomic mass is 9.50. The van der Waals surface area contributed by atoms with Crippen LogP contribution < -0.4 is 0 Å². The molecule has 2 rings (SSSR count). The van der Waals surface area contributed by atoms with Gasteiger partial charge in [-0.15, -0.1) is 0 Å².